The molecule has 3 aromatic rings. The predicted octanol–water partition coefficient (Wildman–Crippen LogP) is 3.36. The van der Waals surface area contributed by atoms with Gasteiger partial charge in [-0.05, 0) is 55.5 Å². The van der Waals surface area contributed by atoms with Crippen LogP contribution in [0.3, 0.4) is 0 Å². The number of nitrogens with one attached hydrogen (secondary N) is 2. The van der Waals surface area contributed by atoms with Crippen molar-refractivity contribution in [2.24, 2.45) is 0 Å². The van der Waals surface area contributed by atoms with E-state index in [4.69, 9.17) is 0 Å². The molecule has 2 fully saturated rings. The summed E-state index contributed by atoms with van der Waals surface area (Å²) < 4.78 is 15.2. The van der Waals surface area contributed by atoms with Crippen molar-refractivity contribution in [3.63, 3.8) is 0 Å². The molecular weight excluding hydrogens is 473 g/mol. The first kappa shape index (κ1) is 23.5. The van der Waals surface area contributed by atoms with E-state index in [0.717, 1.165) is 55.1 Å². The third kappa shape index (κ3) is 4.55. The number of hydrogen-bond acceptors (Lipinski definition) is 5. The van der Waals surface area contributed by atoms with Crippen molar-refractivity contribution in [2.75, 3.05) is 13.1 Å². The molecule has 6 rings (SSSR count). The number of halogens is 1. The highest BCUT2D eigenvalue weighted by atomic mass is 19.1. The number of imide groups is 1. The highest BCUT2D eigenvalue weighted by Gasteiger charge is 2.40. The number of aromatic nitrogens is 2. The Bertz CT molecular complexity index is 1360. The molecule has 4 heterocycles. The molecule has 3 aliphatic rings. The summed E-state index contributed by atoms with van der Waals surface area (Å²) in [6.07, 6.45) is 4.00. The topological polar surface area (TPSA) is 98.4 Å². The van der Waals surface area contributed by atoms with Crippen molar-refractivity contribution in [1.29, 1.82) is 0 Å². The summed E-state index contributed by atoms with van der Waals surface area (Å²) >= 11 is 0. The Morgan fingerprint density at radius 1 is 1.03 bits per heavy atom. The largest absolute Gasteiger partial charge is 0.341 e. The smallest absolute Gasteiger partial charge is 0.255 e. The maximum atomic E-state index is 15.2. The van der Waals surface area contributed by atoms with Gasteiger partial charge in [-0.1, -0.05) is 36.4 Å². The molecule has 2 aromatic carbocycles. The number of nitrogens with zero attached hydrogens (tertiary/aromatic N) is 3. The Labute approximate surface area is 213 Å². The molecule has 0 bridgehead atoms. The Hall–Kier alpha value is -3.85. The van der Waals surface area contributed by atoms with E-state index in [0.29, 0.717) is 17.5 Å². The van der Waals surface area contributed by atoms with Crippen molar-refractivity contribution in [3.8, 4) is 11.4 Å². The summed E-state index contributed by atoms with van der Waals surface area (Å²) in [6, 6.07) is 12.5. The van der Waals surface area contributed by atoms with Gasteiger partial charge in [0.2, 0.25) is 11.8 Å². The predicted molar refractivity (Wildman–Crippen MR) is 134 cm³/mol. The Kier molecular flexibility index (Phi) is 6.08. The van der Waals surface area contributed by atoms with Gasteiger partial charge >= 0.3 is 0 Å². The van der Waals surface area contributed by atoms with Crippen LogP contribution < -0.4 is 5.32 Å². The van der Waals surface area contributed by atoms with E-state index in [1.165, 1.54) is 11.0 Å². The average Bonchev–Trinajstić information content (AvgIpc) is 3.49. The molecule has 0 spiro atoms. The molecule has 3 amide bonds. The van der Waals surface area contributed by atoms with E-state index in [1.54, 1.807) is 0 Å². The molecule has 1 aromatic heterocycles. The Balaban J connectivity index is 1.10. The van der Waals surface area contributed by atoms with Gasteiger partial charge in [0.1, 0.15) is 17.7 Å². The molecule has 1 atom stereocenters. The van der Waals surface area contributed by atoms with E-state index in [9.17, 15) is 14.4 Å². The molecule has 1 unspecified atom stereocenters. The maximum absolute atomic E-state index is 15.2. The summed E-state index contributed by atoms with van der Waals surface area (Å²) in [7, 11) is 0. The Morgan fingerprint density at radius 2 is 1.81 bits per heavy atom. The second-order valence-electron chi connectivity index (χ2n) is 10.1. The van der Waals surface area contributed by atoms with Crippen molar-refractivity contribution >= 4 is 17.7 Å². The molecule has 190 valence electrons. The number of carbonyl (C=O) groups is 3. The van der Waals surface area contributed by atoms with Crippen LogP contribution in [0.5, 0.6) is 0 Å². The van der Waals surface area contributed by atoms with Gasteiger partial charge in [-0.25, -0.2) is 9.37 Å². The molecule has 37 heavy (non-hydrogen) atoms. The number of benzene rings is 2. The number of amides is 3. The van der Waals surface area contributed by atoms with Crippen LogP contribution in [0.2, 0.25) is 0 Å². The van der Waals surface area contributed by atoms with Crippen LogP contribution in [0.1, 0.15) is 58.8 Å². The molecule has 2 saturated heterocycles. The lowest BCUT2D eigenvalue weighted by Crippen LogP contribution is -2.52. The van der Waals surface area contributed by atoms with Crippen LogP contribution in [0, 0.1) is 5.82 Å². The van der Waals surface area contributed by atoms with Gasteiger partial charge in [0.25, 0.3) is 5.91 Å². The zero-order valence-corrected chi connectivity index (χ0v) is 20.4. The molecule has 0 radical (unpaired) electrons. The normalized spacial score (nSPS) is 20.8. The third-order valence-electron chi connectivity index (χ3n) is 7.74. The van der Waals surface area contributed by atoms with Gasteiger partial charge in [0.05, 0.1) is 0 Å². The summed E-state index contributed by atoms with van der Waals surface area (Å²) in [6.45, 7) is 2.69. The first-order chi connectivity index (χ1) is 18.0. The summed E-state index contributed by atoms with van der Waals surface area (Å²) in [4.78, 5) is 48.5. The van der Waals surface area contributed by atoms with E-state index < -0.39 is 11.9 Å². The number of piperidine rings is 2. The number of fused-ring (bicyclic) bond motifs is 1. The van der Waals surface area contributed by atoms with Gasteiger partial charge in [-0.2, -0.15) is 0 Å². The monoisotopic (exact) mass is 501 g/mol. The molecule has 0 aliphatic carbocycles. The van der Waals surface area contributed by atoms with Crippen molar-refractivity contribution < 1.29 is 18.8 Å². The minimum Gasteiger partial charge on any atom is -0.341 e. The van der Waals surface area contributed by atoms with Crippen molar-refractivity contribution in [2.45, 2.75) is 50.7 Å². The molecule has 3 aliphatic heterocycles. The second kappa shape index (κ2) is 9.55. The summed E-state index contributed by atoms with van der Waals surface area (Å²) in [5.74, 6) is -0.571. The average molecular weight is 502 g/mol. The second-order valence-corrected chi connectivity index (χ2v) is 10.1. The van der Waals surface area contributed by atoms with Crippen LogP contribution >= 0.6 is 0 Å². The minimum atomic E-state index is -0.697. The first-order valence-corrected chi connectivity index (χ1v) is 12.7. The number of rotatable bonds is 5. The van der Waals surface area contributed by atoms with Gasteiger partial charge < -0.3 is 9.88 Å². The third-order valence-corrected chi connectivity index (χ3v) is 7.74. The van der Waals surface area contributed by atoms with E-state index >= 15 is 4.39 Å². The number of likely N-dealkylation sites (tertiary alicyclic amines) is 1. The van der Waals surface area contributed by atoms with Crippen LogP contribution in [-0.4, -0.2) is 56.6 Å². The standard InChI is InChI=1S/C28H28FN5O3/c29-23-13-22-19(15-34(28(22)37)24-6-7-25(35)32-27(24)36)12-21(23)17-8-10-33(11-9-17)16-20-14-30-26(31-20)18-4-2-1-3-5-18/h1-5,12-14,17,24H,6-11,15-16H2,(H,30,31)(H,32,35,36). The highest BCUT2D eigenvalue weighted by molar-refractivity contribution is 6.05. The minimum absolute atomic E-state index is 0.0722. The molecular formula is C28H28FN5O3. The van der Waals surface area contributed by atoms with E-state index in [-0.39, 0.29) is 36.5 Å². The zero-order valence-electron chi connectivity index (χ0n) is 20.4. The van der Waals surface area contributed by atoms with Crippen LogP contribution in [0.15, 0.2) is 48.7 Å². The van der Waals surface area contributed by atoms with Crippen LogP contribution in [0.4, 0.5) is 4.39 Å². The maximum Gasteiger partial charge on any atom is 0.255 e. The summed E-state index contributed by atoms with van der Waals surface area (Å²) in [5, 5.41) is 2.30. The SMILES string of the molecule is O=C1CCC(N2Cc3cc(C4CCN(Cc5cnc(-c6ccccc6)[nH]5)CC4)c(F)cc3C2=O)C(=O)N1. The zero-order chi connectivity index (χ0) is 25.5. The molecule has 2 N–H and O–H groups in total. The van der Waals surface area contributed by atoms with Crippen molar-refractivity contribution in [1.82, 2.24) is 25.1 Å². The van der Waals surface area contributed by atoms with Gasteiger partial charge in [0, 0.05) is 42.5 Å². The lowest BCUT2D eigenvalue weighted by Gasteiger charge is -2.32. The van der Waals surface area contributed by atoms with E-state index in [2.05, 4.69) is 20.2 Å². The van der Waals surface area contributed by atoms with E-state index in [1.807, 2.05) is 42.6 Å². The van der Waals surface area contributed by atoms with Crippen molar-refractivity contribution in [3.05, 3.63) is 76.9 Å². The molecule has 9 heteroatoms. The van der Waals surface area contributed by atoms with Gasteiger partial charge in [0.15, 0.2) is 0 Å². The summed E-state index contributed by atoms with van der Waals surface area (Å²) in [5.41, 5.74) is 3.81. The molecule has 0 saturated carbocycles. The van der Waals surface area contributed by atoms with Crippen LogP contribution in [0.25, 0.3) is 11.4 Å². The number of H-pyrrole nitrogens is 1. The number of imidazole rings is 1. The number of aromatic amines is 1. The lowest BCUT2D eigenvalue weighted by atomic mass is 9.87. The number of carbonyl (C=O) groups excluding carboxylic acids is 3. The van der Waals surface area contributed by atoms with Gasteiger partial charge in [-0.3, -0.25) is 24.6 Å². The fourth-order valence-corrected chi connectivity index (χ4v) is 5.75. The molecule has 8 nitrogen and oxygen atoms in total. The lowest BCUT2D eigenvalue weighted by molar-refractivity contribution is -0.136. The Morgan fingerprint density at radius 3 is 2.57 bits per heavy atom. The quantitative estimate of drug-likeness (QED) is 0.523. The fourth-order valence-electron chi connectivity index (χ4n) is 5.75. The number of hydrogen-bond donors (Lipinski definition) is 2. The van der Waals surface area contributed by atoms with Crippen LogP contribution in [-0.2, 0) is 22.7 Å². The van der Waals surface area contributed by atoms with Gasteiger partial charge in [-0.15, -0.1) is 0 Å². The first-order valence-electron chi connectivity index (χ1n) is 12.7. The highest BCUT2D eigenvalue weighted by Crippen LogP contribution is 2.35. The fraction of sp³-hybridized carbons (Fsp3) is 0.357.